The second-order valence-electron chi connectivity index (χ2n) is 5.56. The van der Waals surface area contributed by atoms with Crippen molar-refractivity contribution in [3.63, 3.8) is 0 Å². The summed E-state index contributed by atoms with van der Waals surface area (Å²) in [6.45, 7) is 1.72. The zero-order valence-corrected chi connectivity index (χ0v) is 14.0. The van der Waals surface area contributed by atoms with Crippen molar-refractivity contribution in [2.75, 3.05) is 22.5 Å². The van der Waals surface area contributed by atoms with Gasteiger partial charge in [0.2, 0.25) is 11.8 Å². The van der Waals surface area contributed by atoms with E-state index in [0.29, 0.717) is 12.2 Å². The van der Waals surface area contributed by atoms with Crippen molar-refractivity contribution >= 4 is 28.9 Å². The molecule has 0 fully saturated rings. The highest BCUT2D eigenvalue weighted by molar-refractivity contribution is 5.91. The van der Waals surface area contributed by atoms with Gasteiger partial charge < -0.3 is 16.0 Å². The molecule has 0 spiro atoms. The second kappa shape index (κ2) is 8.37. The molecule has 0 saturated carbocycles. The first-order chi connectivity index (χ1) is 12.2. The number of rotatable bonds is 6. The van der Waals surface area contributed by atoms with Crippen molar-refractivity contribution in [3.8, 4) is 0 Å². The molecule has 0 saturated heterocycles. The van der Waals surface area contributed by atoms with E-state index < -0.39 is 17.6 Å². The summed E-state index contributed by atoms with van der Waals surface area (Å²) in [5.41, 5.74) is 0.702. The van der Waals surface area contributed by atoms with Gasteiger partial charge in [-0.1, -0.05) is 6.07 Å². The summed E-state index contributed by atoms with van der Waals surface area (Å²) in [5, 5.41) is 8.11. The van der Waals surface area contributed by atoms with E-state index in [1.807, 2.05) is 0 Å². The Morgan fingerprint density at radius 2 is 1.58 bits per heavy atom. The fraction of sp³-hybridized carbons (Fsp3) is 0.222. The number of hydrogen-bond acceptors (Lipinski definition) is 3. The van der Waals surface area contributed by atoms with Gasteiger partial charge in [-0.15, -0.1) is 0 Å². The molecule has 138 valence electrons. The first-order valence-electron chi connectivity index (χ1n) is 7.83. The molecule has 8 heteroatoms. The number of carbonyl (C=O) groups is 2. The third kappa shape index (κ3) is 6.12. The third-order valence-corrected chi connectivity index (χ3v) is 3.36. The summed E-state index contributed by atoms with van der Waals surface area (Å²) >= 11 is 0. The Bertz CT molecular complexity index is 774. The van der Waals surface area contributed by atoms with Gasteiger partial charge in [-0.2, -0.15) is 13.2 Å². The number of benzene rings is 2. The predicted octanol–water partition coefficient (Wildman–Crippen LogP) is 4.10. The topological polar surface area (TPSA) is 70.2 Å². The number of anilines is 3. The van der Waals surface area contributed by atoms with Gasteiger partial charge >= 0.3 is 6.18 Å². The lowest BCUT2D eigenvalue weighted by Gasteiger charge is -2.11. The van der Waals surface area contributed by atoms with Crippen LogP contribution in [0, 0.1) is 0 Å². The number of amides is 2. The summed E-state index contributed by atoms with van der Waals surface area (Å²) in [4.78, 5) is 22.8. The average Bonchev–Trinajstić information content (AvgIpc) is 2.55. The van der Waals surface area contributed by atoms with Gasteiger partial charge in [-0.25, -0.2) is 0 Å². The molecular formula is C18H18F3N3O2. The Morgan fingerprint density at radius 1 is 0.923 bits per heavy atom. The summed E-state index contributed by atoms with van der Waals surface area (Å²) in [5.74, 6) is -0.566. The largest absolute Gasteiger partial charge is 0.416 e. The van der Waals surface area contributed by atoms with E-state index in [4.69, 9.17) is 0 Å². The summed E-state index contributed by atoms with van der Waals surface area (Å²) < 4.78 is 37.9. The highest BCUT2D eigenvalue weighted by Crippen LogP contribution is 2.30. The van der Waals surface area contributed by atoms with Crippen LogP contribution in [0.2, 0.25) is 0 Å². The first-order valence-corrected chi connectivity index (χ1v) is 7.83. The molecule has 0 aliphatic carbocycles. The Balaban J connectivity index is 1.81. The van der Waals surface area contributed by atoms with Crippen LogP contribution in [0.1, 0.15) is 18.9 Å². The van der Waals surface area contributed by atoms with Gasteiger partial charge in [0.15, 0.2) is 0 Å². The molecule has 2 amide bonds. The zero-order valence-electron chi connectivity index (χ0n) is 14.0. The van der Waals surface area contributed by atoms with Crippen LogP contribution in [-0.2, 0) is 15.8 Å². The fourth-order valence-corrected chi connectivity index (χ4v) is 2.19. The van der Waals surface area contributed by atoms with Crippen LogP contribution in [0.15, 0.2) is 48.5 Å². The maximum Gasteiger partial charge on any atom is 0.416 e. The molecule has 2 rings (SSSR count). The molecule has 3 N–H and O–H groups in total. The van der Waals surface area contributed by atoms with Crippen molar-refractivity contribution in [1.82, 2.24) is 0 Å². The van der Waals surface area contributed by atoms with E-state index in [9.17, 15) is 22.8 Å². The Kier molecular flexibility index (Phi) is 6.21. The summed E-state index contributed by atoms with van der Waals surface area (Å²) in [7, 11) is 0. The highest BCUT2D eigenvalue weighted by Gasteiger charge is 2.30. The van der Waals surface area contributed by atoms with Crippen LogP contribution in [-0.4, -0.2) is 18.4 Å². The molecule has 0 aliphatic heterocycles. The molecular weight excluding hydrogens is 347 g/mol. The lowest BCUT2D eigenvalue weighted by atomic mass is 10.2. The van der Waals surface area contributed by atoms with Crippen LogP contribution in [0.3, 0.4) is 0 Å². The summed E-state index contributed by atoms with van der Waals surface area (Å²) in [6.07, 6.45) is -4.37. The third-order valence-electron chi connectivity index (χ3n) is 3.36. The van der Waals surface area contributed by atoms with Gasteiger partial charge in [0.05, 0.1) is 5.56 Å². The van der Waals surface area contributed by atoms with Gasteiger partial charge in [0.25, 0.3) is 0 Å². The molecule has 2 aromatic rings. The number of hydrogen-bond donors (Lipinski definition) is 3. The fourth-order valence-electron chi connectivity index (χ4n) is 2.19. The normalized spacial score (nSPS) is 10.9. The second-order valence-corrected chi connectivity index (χ2v) is 5.56. The lowest BCUT2D eigenvalue weighted by Crippen LogP contribution is -2.16. The van der Waals surface area contributed by atoms with Crippen LogP contribution in [0.5, 0.6) is 0 Å². The Morgan fingerprint density at radius 3 is 2.19 bits per heavy atom. The van der Waals surface area contributed by atoms with Gasteiger partial charge in [-0.05, 0) is 42.5 Å². The van der Waals surface area contributed by atoms with Gasteiger partial charge in [-0.3, -0.25) is 9.59 Å². The highest BCUT2D eigenvalue weighted by atomic mass is 19.4. The molecule has 0 unspecified atom stereocenters. The standard InChI is InChI=1S/C18H18F3N3O2/c1-12(25)23-15-7-5-14(6-8-15)22-10-9-17(26)24-16-4-2-3-13(11-16)18(19,20)21/h2-8,11,22H,9-10H2,1H3,(H,23,25)(H,24,26). The van der Waals surface area contributed by atoms with Crippen LogP contribution >= 0.6 is 0 Å². The monoisotopic (exact) mass is 365 g/mol. The molecule has 0 aromatic heterocycles. The molecule has 5 nitrogen and oxygen atoms in total. The van der Waals surface area contributed by atoms with E-state index in [0.717, 1.165) is 17.8 Å². The van der Waals surface area contributed by atoms with E-state index in [2.05, 4.69) is 16.0 Å². The maximum absolute atomic E-state index is 12.6. The molecule has 26 heavy (non-hydrogen) atoms. The molecule has 2 aromatic carbocycles. The Hall–Kier alpha value is -3.03. The number of nitrogens with one attached hydrogen (secondary N) is 3. The SMILES string of the molecule is CC(=O)Nc1ccc(NCCC(=O)Nc2cccc(C(F)(F)F)c2)cc1. The average molecular weight is 365 g/mol. The van der Waals surface area contributed by atoms with Crippen molar-refractivity contribution < 1.29 is 22.8 Å². The minimum Gasteiger partial charge on any atom is -0.385 e. The quantitative estimate of drug-likeness (QED) is 0.722. The maximum atomic E-state index is 12.6. The lowest BCUT2D eigenvalue weighted by molar-refractivity contribution is -0.137. The van der Waals surface area contributed by atoms with E-state index >= 15 is 0 Å². The van der Waals surface area contributed by atoms with Crippen LogP contribution < -0.4 is 16.0 Å². The summed E-state index contributed by atoms with van der Waals surface area (Å²) in [6, 6.07) is 11.4. The van der Waals surface area contributed by atoms with Gasteiger partial charge in [0.1, 0.15) is 0 Å². The molecule has 0 heterocycles. The minimum absolute atomic E-state index is 0.0870. The number of alkyl halides is 3. The van der Waals surface area contributed by atoms with Crippen molar-refractivity contribution in [2.45, 2.75) is 19.5 Å². The van der Waals surface area contributed by atoms with Gasteiger partial charge in [0, 0.05) is 37.0 Å². The van der Waals surface area contributed by atoms with Crippen molar-refractivity contribution in [1.29, 1.82) is 0 Å². The predicted molar refractivity (Wildman–Crippen MR) is 93.9 cm³/mol. The molecule has 0 radical (unpaired) electrons. The molecule has 0 bridgehead atoms. The van der Waals surface area contributed by atoms with Crippen LogP contribution in [0.25, 0.3) is 0 Å². The van der Waals surface area contributed by atoms with E-state index in [1.165, 1.54) is 19.1 Å². The Labute approximate surface area is 148 Å². The van der Waals surface area contributed by atoms with E-state index in [-0.39, 0.29) is 18.0 Å². The molecule has 0 atom stereocenters. The minimum atomic E-state index is -4.45. The van der Waals surface area contributed by atoms with Crippen molar-refractivity contribution in [3.05, 3.63) is 54.1 Å². The number of halogens is 3. The zero-order chi connectivity index (χ0) is 19.2. The van der Waals surface area contributed by atoms with Crippen LogP contribution in [0.4, 0.5) is 30.2 Å². The number of carbonyl (C=O) groups excluding carboxylic acids is 2. The van der Waals surface area contributed by atoms with E-state index in [1.54, 1.807) is 24.3 Å². The first kappa shape index (κ1) is 19.3. The van der Waals surface area contributed by atoms with Crippen molar-refractivity contribution in [2.24, 2.45) is 0 Å². The smallest absolute Gasteiger partial charge is 0.385 e. The molecule has 0 aliphatic rings.